The average molecular weight is 458 g/mol. The third-order valence-corrected chi connectivity index (χ3v) is 6.49. The van der Waals surface area contributed by atoms with E-state index in [4.69, 9.17) is 14.6 Å². The maximum Gasteiger partial charge on any atom is 0.428 e. The van der Waals surface area contributed by atoms with Crippen molar-refractivity contribution in [2.75, 3.05) is 26.2 Å². The number of rotatable bonds is 8. The molecule has 0 bridgehead atoms. The molecule has 3 heterocycles. The largest absolute Gasteiger partial charge is 0.487 e. The molecule has 0 atom stereocenters. The molecule has 170 valence electrons. The lowest BCUT2D eigenvalue weighted by atomic mass is 9.99. The van der Waals surface area contributed by atoms with Gasteiger partial charge in [0.25, 0.3) is 0 Å². The Morgan fingerprint density at radius 1 is 1.19 bits per heavy atom. The fraction of sp³-hybridized carbons (Fsp3) is 0.476. The Morgan fingerprint density at radius 3 is 2.59 bits per heavy atom. The van der Waals surface area contributed by atoms with Crippen molar-refractivity contribution < 1.29 is 14.4 Å². The number of aromatic nitrogens is 5. The topological polar surface area (TPSA) is 98.5 Å². The predicted octanol–water partition coefficient (Wildman–Crippen LogP) is 3.27. The van der Waals surface area contributed by atoms with E-state index in [1.165, 1.54) is 0 Å². The molecule has 0 unspecified atom stereocenters. The second-order valence-corrected chi connectivity index (χ2v) is 8.34. The molecule has 1 saturated heterocycles. The van der Waals surface area contributed by atoms with Crippen LogP contribution in [0.4, 0.5) is 4.79 Å². The summed E-state index contributed by atoms with van der Waals surface area (Å²) in [6.45, 7) is 7.06. The molecule has 1 fully saturated rings. The minimum absolute atomic E-state index is 0.270. The van der Waals surface area contributed by atoms with E-state index in [1.807, 2.05) is 38.1 Å². The molecule has 1 aromatic carbocycles. The van der Waals surface area contributed by atoms with Gasteiger partial charge in [0.2, 0.25) is 0 Å². The monoisotopic (exact) mass is 457 g/mol. The number of carbonyl (C=O) groups excluding carboxylic acids is 1. The van der Waals surface area contributed by atoms with Gasteiger partial charge in [0.15, 0.2) is 0 Å². The highest BCUT2D eigenvalue weighted by atomic mass is 32.1. The van der Waals surface area contributed by atoms with Crippen molar-refractivity contribution in [3.63, 3.8) is 0 Å². The van der Waals surface area contributed by atoms with Crippen molar-refractivity contribution in [2.24, 2.45) is 0 Å². The van der Waals surface area contributed by atoms with Crippen LogP contribution in [-0.4, -0.2) is 67.4 Å². The van der Waals surface area contributed by atoms with E-state index in [0.29, 0.717) is 25.6 Å². The van der Waals surface area contributed by atoms with Crippen molar-refractivity contribution >= 4 is 17.4 Å². The fourth-order valence-corrected chi connectivity index (χ4v) is 4.53. The number of hydrogen-bond acceptors (Lipinski definition) is 9. The van der Waals surface area contributed by atoms with E-state index in [-0.39, 0.29) is 6.09 Å². The van der Waals surface area contributed by atoms with Gasteiger partial charge in [0.1, 0.15) is 18.7 Å². The zero-order chi connectivity index (χ0) is 22.3. The van der Waals surface area contributed by atoms with E-state index in [0.717, 1.165) is 48.1 Å². The van der Waals surface area contributed by atoms with Gasteiger partial charge < -0.3 is 14.5 Å². The van der Waals surface area contributed by atoms with E-state index in [2.05, 4.69) is 20.9 Å². The summed E-state index contributed by atoms with van der Waals surface area (Å²) in [7, 11) is 0. The molecule has 4 rings (SSSR count). The molecule has 0 spiro atoms. The lowest BCUT2D eigenvalue weighted by molar-refractivity contribution is -0.124. The lowest BCUT2D eigenvalue weighted by Crippen LogP contribution is -2.40. The van der Waals surface area contributed by atoms with Crippen molar-refractivity contribution in [1.82, 2.24) is 35.2 Å². The quantitative estimate of drug-likeness (QED) is 0.508. The molecule has 0 N–H and O–H groups in total. The summed E-state index contributed by atoms with van der Waals surface area (Å²) in [6.07, 6.45) is 3.11. The lowest BCUT2D eigenvalue weighted by Gasteiger charge is -2.31. The molecule has 0 radical (unpaired) electrons. The Morgan fingerprint density at radius 2 is 1.94 bits per heavy atom. The second-order valence-electron chi connectivity index (χ2n) is 7.45. The fourth-order valence-electron chi connectivity index (χ4n) is 3.55. The number of ether oxygens (including phenoxy) is 1. The molecule has 1 amide bonds. The standard InChI is InChI=1S/C21H27N7O3S/c1-3-26(4-2)21(29)31-27-11-9-16(10-12-27)20-23-17(14-32-20)13-30-19-7-5-18(6-8-19)28-15-22-24-25-28/h5-8,14-16H,3-4,9-13H2,1-2H3. The van der Waals surface area contributed by atoms with E-state index in [9.17, 15) is 4.79 Å². The number of tetrazole rings is 1. The van der Waals surface area contributed by atoms with Gasteiger partial charge in [-0.05, 0) is 61.4 Å². The van der Waals surface area contributed by atoms with Crippen LogP contribution >= 0.6 is 11.3 Å². The Bertz CT molecular complexity index is 981. The van der Waals surface area contributed by atoms with E-state index < -0.39 is 0 Å². The van der Waals surface area contributed by atoms with Gasteiger partial charge in [-0.3, -0.25) is 0 Å². The Balaban J connectivity index is 1.24. The minimum Gasteiger partial charge on any atom is -0.487 e. The van der Waals surface area contributed by atoms with Crippen molar-refractivity contribution in [3.05, 3.63) is 46.7 Å². The highest BCUT2D eigenvalue weighted by molar-refractivity contribution is 7.09. The highest BCUT2D eigenvalue weighted by Gasteiger charge is 2.26. The van der Waals surface area contributed by atoms with Crippen molar-refractivity contribution in [2.45, 2.75) is 39.2 Å². The van der Waals surface area contributed by atoms with Crippen LogP contribution in [0.3, 0.4) is 0 Å². The van der Waals surface area contributed by atoms with Gasteiger partial charge in [-0.1, -0.05) is 0 Å². The van der Waals surface area contributed by atoms with Crippen LogP contribution in [0.25, 0.3) is 5.69 Å². The third kappa shape index (κ3) is 5.40. The molecule has 2 aromatic heterocycles. The average Bonchev–Trinajstić information content (AvgIpc) is 3.52. The summed E-state index contributed by atoms with van der Waals surface area (Å²) in [5, 5.41) is 16.1. The normalized spacial score (nSPS) is 14.9. The number of piperidine rings is 1. The molecule has 1 aliphatic rings. The molecule has 32 heavy (non-hydrogen) atoms. The first kappa shape index (κ1) is 22.2. The van der Waals surface area contributed by atoms with Gasteiger partial charge in [-0.25, -0.2) is 14.5 Å². The molecule has 3 aromatic rings. The second kappa shape index (κ2) is 10.5. The van der Waals surface area contributed by atoms with Crippen molar-refractivity contribution in [1.29, 1.82) is 0 Å². The third-order valence-electron chi connectivity index (χ3n) is 5.44. The predicted molar refractivity (Wildman–Crippen MR) is 119 cm³/mol. The van der Waals surface area contributed by atoms with E-state index >= 15 is 0 Å². The summed E-state index contributed by atoms with van der Waals surface area (Å²) in [5.74, 6) is 1.15. The molecule has 1 aliphatic heterocycles. The Labute approximate surface area is 190 Å². The number of hydrogen-bond donors (Lipinski definition) is 0. The van der Waals surface area contributed by atoms with Crippen molar-refractivity contribution in [3.8, 4) is 11.4 Å². The molecular weight excluding hydrogens is 430 g/mol. The molecule has 10 nitrogen and oxygen atoms in total. The van der Waals surface area contributed by atoms with Gasteiger partial charge in [0.05, 0.1) is 16.4 Å². The van der Waals surface area contributed by atoms with Crippen LogP contribution < -0.4 is 4.74 Å². The number of amides is 1. The number of benzene rings is 1. The molecule has 0 aliphatic carbocycles. The Kier molecular flexibility index (Phi) is 7.28. The van der Waals surface area contributed by atoms with Gasteiger partial charge >= 0.3 is 6.09 Å². The van der Waals surface area contributed by atoms with Crippen LogP contribution in [-0.2, 0) is 11.4 Å². The minimum atomic E-state index is -0.270. The first-order valence-electron chi connectivity index (χ1n) is 10.8. The van der Waals surface area contributed by atoms with Gasteiger partial charge in [0, 0.05) is 37.5 Å². The maximum atomic E-state index is 12.1. The Hall–Kier alpha value is -3.05. The summed E-state index contributed by atoms with van der Waals surface area (Å²) >= 11 is 1.67. The summed E-state index contributed by atoms with van der Waals surface area (Å²) < 4.78 is 7.47. The maximum absolute atomic E-state index is 12.1. The van der Waals surface area contributed by atoms with E-state index in [1.54, 1.807) is 32.3 Å². The molecule has 11 heteroatoms. The summed E-state index contributed by atoms with van der Waals surface area (Å²) in [6, 6.07) is 7.58. The summed E-state index contributed by atoms with van der Waals surface area (Å²) in [5.41, 5.74) is 1.79. The SMILES string of the molecule is CCN(CC)C(=O)ON1CCC(c2nc(COc3ccc(-n4cnnn4)cc3)cs2)CC1. The first-order valence-corrected chi connectivity index (χ1v) is 11.7. The number of thiazole rings is 1. The summed E-state index contributed by atoms with van der Waals surface area (Å²) in [4.78, 5) is 24.1. The molecule has 0 saturated carbocycles. The first-order chi connectivity index (χ1) is 15.7. The highest BCUT2D eigenvalue weighted by Crippen LogP contribution is 2.31. The van der Waals surface area contributed by atoms with Gasteiger partial charge in [-0.2, -0.15) is 0 Å². The number of nitrogens with zero attached hydrogens (tertiary/aromatic N) is 7. The molecular formula is C21H27N7O3S. The van der Waals surface area contributed by atoms with Crippen LogP contribution in [0.15, 0.2) is 36.0 Å². The van der Waals surface area contributed by atoms with Crippen LogP contribution in [0.1, 0.15) is 43.3 Å². The van der Waals surface area contributed by atoms with Crippen LogP contribution in [0.2, 0.25) is 0 Å². The van der Waals surface area contributed by atoms with Crippen LogP contribution in [0, 0.1) is 0 Å². The zero-order valence-electron chi connectivity index (χ0n) is 18.3. The van der Waals surface area contributed by atoms with Crippen LogP contribution in [0.5, 0.6) is 5.75 Å². The number of hydroxylamine groups is 2. The van der Waals surface area contributed by atoms with Gasteiger partial charge in [-0.15, -0.1) is 21.5 Å². The number of carbonyl (C=O) groups is 1. The zero-order valence-corrected chi connectivity index (χ0v) is 19.1. The smallest absolute Gasteiger partial charge is 0.428 e.